The second-order valence-electron chi connectivity index (χ2n) is 10.1. The van der Waals surface area contributed by atoms with Crippen molar-refractivity contribution in [3.8, 4) is 0 Å². The Balaban J connectivity index is 0. The highest BCUT2D eigenvalue weighted by Gasteiger charge is 2.24. The van der Waals surface area contributed by atoms with E-state index in [-0.39, 0.29) is 0 Å². The third kappa shape index (κ3) is 19.7. The van der Waals surface area contributed by atoms with Gasteiger partial charge in [-0.3, -0.25) is 0 Å². The Labute approximate surface area is 277 Å². The van der Waals surface area contributed by atoms with Crippen molar-refractivity contribution in [2.24, 2.45) is 5.73 Å². The molecule has 1 atom stereocenters. The van der Waals surface area contributed by atoms with E-state index in [0.717, 1.165) is 18.3 Å². The molecular weight excluding hydrogens is 559 g/mol. The molecule has 1 aromatic carbocycles. The fourth-order valence-corrected chi connectivity index (χ4v) is 6.86. The number of benzene rings is 1. The fourth-order valence-electron chi connectivity index (χ4n) is 4.51. The van der Waals surface area contributed by atoms with E-state index in [2.05, 4.69) is 101 Å². The summed E-state index contributed by atoms with van der Waals surface area (Å²) in [5.41, 5.74) is 12.6. The summed E-state index contributed by atoms with van der Waals surface area (Å²) in [6.45, 7) is 23.9. The summed E-state index contributed by atoms with van der Waals surface area (Å²) in [6, 6.07) is 6.93. The first-order valence-electron chi connectivity index (χ1n) is 16.5. The standard InChI is InChI=1S/C17H23NS2.C12H16.C5H10.C4H10.C2H6/c18-8-4-17-15(13-5-9-19-10-6-13)2-1-3-16(17)14-7-11-20-12-14;1-5-8-9-10-11(4)12(6-2)7-3;1-3-5-4-2;1-3-4-2;1-2/h1-4,8,13-14H,5-7,9-12,18H2;5-10H,1-2H2,3-4H3;3,5H,4H2,1-2H3;3-4H2,1-2H3;1-2H3/b8-4+;9-8-,11-10+,12-7+;;;. The molecule has 2 saturated heterocycles. The van der Waals surface area contributed by atoms with E-state index in [9.17, 15) is 0 Å². The van der Waals surface area contributed by atoms with Gasteiger partial charge in [-0.25, -0.2) is 0 Å². The van der Waals surface area contributed by atoms with Gasteiger partial charge < -0.3 is 5.73 Å². The number of allylic oxidation sites excluding steroid dienone is 10. The van der Waals surface area contributed by atoms with Crippen LogP contribution >= 0.6 is 23.5 Å². The first-order chi connectivity index (χ1) is 21.0. The van der Waals surface area contributed by atoms with Crippen LogP contribution in [0.15, 0.2) is 97.3 Å². The molecule has 3 heteroatoms. The molecule has 2 aliphatic rings. The molecule has 2 fully saturated rings. The SMILES string of the molecule is C=C\C=C/C=C(C)/C(C=C)=C/C.CC.CC=CCC.CCCC.N/C=C/c1c(C2CCSCC2)cccc1C1CCSC1. The van der Waals surface area contributed by atoms with Crippen molar-refractivity contribution < 1.29 is 0 Å². The van der Waals surface area contributed by atoms with Crippen LogP contribution in [0.1, 0.15) is 122 Å². The third-order valence-electron chi connectivity index (χ3n) is 7.02. The van der Waals surface area contributed by atoms with Gasteiger partial charge in [-0.2, -0.15) is 23.5 Å². The second-order valence-corrected chi connectivity index (χ2v) is 12.4. The topological polar surface area (TPSA) is 26.0 Å². The predicted octanol–water partition coefficient (Wildman–Crippen LogP) is 13.1. The van der Waals surface area contributed by atoms with Crippen LogP contribution in [-0.2, 0) is 0 Å². The molecule has 0 aliphatic carbocycles. The summed E-state index contributed by atoms with van der Waals surface area (Å²) in [5.74, 6) is 6.65. The molecule has 3 rings (SSSR count). The Morgan fingerprint density at radius 3 is 1.91 bits per heavy atom. The molecule has 0 amide bonds. The summed E-state index contributed by atoms with van der Waals surface area (Å²) in [4.78, 5) is 0. The second kappa shape index (κ2) is 31.3. The molecule has 242 valence electrons. The fraction of sp³-hybridized carbons (Fsp3) is 0.500. The zero-order valence-electron chi connectivity index (χ0n) is 29.0. The highest BCUT2D eigenvalue weighted by atomic mass is 32.2. The maximum Gasteiger partial charge on any atom is 0.000199 e. The average Bonchev–Trinajstić information content (AvgIpc) is 3.60. The molecule has 2 aliphatic heterocycles. The first-order valence-corrected chi connectivity index (χ1v) is 18.8. The molecule has 0 spiro atoms. The van der Waals surface area contributed by atoms with Crippen LogP contribution in [0.3, 0.4) is 0 Å². The van der Waals surface area contributed by atoms with Crippen LogP contribution in [0.4, 0.5) is 0 Å². The summed E-state index contributed by atoms with van der Waals surface area (Å²) in [5, 5.41) is 0. The normalized spacial score (nSPS) is 17.2. The van der Waals surface area contributed by atoms with Crippen molar-refractivity contribution >= 4 is 29.6 Å². The number of unbranched alkanes of at least 4 members (excludes halogenated alkanes) is 1. The zero-order valence-corrected chi connectivity index (χ0v) is 30.7. The van der Waals surface area contributed by atoms with Gasteiger partial charge in [-0.15, -0.1) is 0 Å². The van der Waals surface area contributed by atoms with Crippen molar-refractivity contribution in [3.63, 3.8) is 0 Å². The smallest absolute Gasteiger partial charge is 0.000199 e. The highest BCUT2D eigenvalue weighted by molar-refractivity contribution is 7.99. The zero-order chi connectivity index (χ0) is 32.7. The lowest BCUT2D eigenvalue weighted by atomic mass is 9.84. The number of hydrogen-bond acceptors (Lipinski definition) is 3. The average molecular weight is 624 g/mol. The Hall–Kier alpha value is -2.10. The maximum absolute atomic E-state index is 5.74. The van der Waals surface area contributed by atoms with Crippen LogP contribution in [-0.4, -0.2) is 23.0 Å². The number of hydrogen-bond donors (Lipinski definition) is 1. The minimum absolute atomic E-state index is 0.726. The lowest BCUT2D eigenvalue weighted by Crippen LogP contribution is -2.11. The van der Waals surface area contributed by atoms with E-state index in [1.165, 1.54) is 77.4 Å². The Morgan fingerprint density at radius 2 is 1.49 bits per heavy atom. The van der Waals surface area contributed by atoms with E-state index in [0.29, 0.717) is 0 Å². The Bertz CT molecular complexity index is 966. The van der Waals surface area contributed by atoms with E-state index < -0.39 is 0 Å². The molecule has 0 saturated carbocycles. The summed E-state index contributed by atoms with van der Waals surface area (Å²) >= 11 is 4.18. The van der Waals surface area contributed by atoms with Gasteiger partial charge in [0.1, 0.15) is 0 Å². The summed E-state index contributed by atoms with van der Waals surface area (Å²) in [7, 11) is 0. The van der Waals surface area contributed by atoms with Gasteiger partial charge in [0, 0.05) is 5.75 Å². The van der Waals surface area contributed by atoms with E-state index in [1.54, 1.807) is 17.8 Å². The molecule has 43 heavy (non-hydrogen) atoms. The quantitative estimate of drug-likeness (QED) is 0.219. The van der Waals surface area contributed by atoms with Gasteiger partial charge in [0.2, 0.25) is 0 Å². The number of thioether (sulfide) groups is 2. The van der Waals surface area contributed by atoms with Crippen molar-refractivity contribution in [3.05, 3.63) is 114 Å². The minimum atomic E-state index is 0.726. The van der Waals surface area contributed by atoms with Crippen molar-refractivity contribution in [2.45, 2.75) is 106 Å². The molecule has 1 nitrogen and oxygen atoms in total. The first kappa shape index (κ1) is 43.0. The van der Waals surface area contributed by atoms with Gasteiger partial charge in [0.15, 0.2) is 0 Å². The van der Waals surface area contributed by atoms with E-state index in [1.807, 2.05) is 58.1 Å². The Morgan fingerprint density at radius 1 is 0.907 bits per heavy atom. The molecule has 0 aromatic heterocycles. The van der Waals surface area contributed by atoms with Crippen LogP contribution in [0.25, 0.3) is 6.08 Å². The van der Waals surface area contributed by atoms with Gasteiger partial charge in [-0.05, 0) is 116 Å². The number of rotatable bonds is 9. The molecular formula is C40H65NS2. The lowest BCUT2D eigenvalue weighted by molar-refractivity contribution is 0.633. The van der Waals surface area contributed by atoms with Gasteiger partial charge in [0.05, 0.1) is 0 Å². The van der Waals surface area contributed by atoms with E-state index in [4.69, 9.17) is 5.73 Å². The monoisotopic (exact) mass is 623 g/mol. The number of nitrogens with two attached hydrogens (primary N) is 1. The van der Waals surface area contributed by atoms with Crippen molar-refractivity contribution in [2.75, 3.05) is 23.0 Å². The maximum atomic E-state index is 5.74. The van der Waals surface area contributed by atoms with Crippen LogP contribution in [0.5, 0.6) is 0 Å². The molecule has 1 unspecified atom stereocenters. The van der Waals surface area contributed by atoms with Gasteiger partial charge in [-0.1, -0.05) is 127 Å². The van der Waals surface area contributed by atoms with Gasteiger partial charge >= 0.3 is 0 Å². The molecule has 2 heterocycles. The third-order valence-corrected chi connectivity index (χ3v) is 9.23. The lowest BCUT2D eigenvalue weighted by Gasteiger charge is -2.25. The molecule has 1 aromatic rings. The van der Waals surface area contributed by atoms with Gasteiger partial charge in [0.25, 0.3) is 0 Å². The molecule has 0 bridgehead atoms. The molecule has 0 radical (unpaired) electrons. The summed E-state index contributed by atoms with van der Waals surface area (Å²) < 4.78 is 0. The summed E-state index contributed by atoms with van der Waals surface area (Å²) in [6.07, 6.45) is 27.4. The van der Waals surface area contributed by atoms with Crippen LogP contribution in [0, 0.1) is 0 Å². The highest BCUT2D eigenvalue weighted by Crippen LogP contribution is 2.40. The molecule has 2 N–H and O–H groups in total. The van der Waals surface area contributed by atoms with Crippen LogP contribution < -0.4 is 5.73 Å². The minimum Gasteiger partial charge on any atom is -0.405 e. The largest absolute Gasteiger partial charge is 0.405 e. The Kier molecular flexibility index (Phi) is 31.4. The van der Waals surface area contributed by atoms with E-state index >= 15 is 0 Å². The predicted molar refractivity (Wildman–Crippen MR) is 208 cm³/mol. The van der Waals surface area contributed by atoms with Crippen molar-refractivity contribution in [1.82, 2.24) is 0 Å². The van der Waals surface area contributed by atoms with Crippen molar-refractivity contribution in [1.29, 1.82) is 0 Å². The van der Waals surface area contributed by atoms with Crippen LogP contribution in [0.2, 0.25) is 0 Å².